The molecule has 0 radical (unpaired) electrons. The lowest BCUT2D eigenvalue weighted by atomic mass is 9.80. The summed E-state index contributed by atoms with van der Waals surface area (Å²) in [5.41, 5.74) is 0.0859. The van der Waals surface area contributed by atoms with Crippen LogP contribution < -0.4 is 10.6 Å². The van der Waals surface area contributed by atoms with Crippen molar-refractivity contribution in [2.24, 2.45) is 5.41 Å². The first kappa shape index (κ1) is 10.4. The Hall–Kier alpha value is -1.10. The van der Waals surface area contributed by atoms with Crippen LogP contribution in [0, 0.1) is 5.41 Å². The number of rotatable bonds is 2. The highest BCUT2D eigenvalue weighted by molar-refractivity contribution is 6.01. The fourth-order valence-electron chi connectivity index (χ4n) is 2.19. The van der Waals surface area contributed by atoms with E-state index < -0.39 is 0 Å². The number of nitrogens with one attached hydrogen (secondary N) is 2. The van der Waals surface area contributed by atoms with Crippen molar-refractivity contribution in [3.05, 3.63) is 0 Å². The summed E-state index contributed by atoms with van der Waals surface area (Å²) in [6, 6.07) is -0.236. The molecule has 0 aromatic carbocycles. The number of hydrogen-bond donors (Lipinski definition) is 2. The van der Waals surface area contributed by atoms with Gasteiger partial charge in [0.15, 0.2) is 0 Å². The summed E-state index contributed by atoms with van der Waals surface area (Å²) >= 11 is 0. The zero-order chi connectivity index (χ0) is 10.9. The molecule has 5 heteroatoms. The molecule has 3 amide bonds. The summed E-state index contributed by atoms with van der Waals surface area (Å²) in [6.45, 7) is 4.81. The van der Waals surface area contributed by atoms with Crippen LogP contribution in [0.1, 0.15) is 19.8 Å². The van der Waals surface area contributed by atoms with Crippen molar-refractivity contribution in [3.63, 3.8) is 0 Å². The number of hydrogen-bond acceptors (Lipinski definition) is 3. The minimum atomic E-state index is -0.236. The van der Waals surface area contributed by atoms with E-state index >= 15 is 0 Å². The van der Waals surface area contributed by atoms with Crippen LogP contribution in [-0.4, -0.2) is 43.0 Å². The van der Waals surface area contributed by atoms with Gasteiger partial charge in [0.05, 0.1) is 6.54 Å². The van der Waals surface area contributed by atoms with E-state index in [0.717, 1.165) is 25.9 Å². The average molecular weight is 211 g/mol. The number of amides is 3. The van der Waals surface area contributed by atoms with E-state index in [1.54, 1.807) is 0 Å². The van der Waals surface area contributed by atoms with E-state index in [0.29, 0.717) is 6.54 Å². The standard InChI is InChI=1S/C10H17N3O2/c1-10(2-4-11-5-3-10)7-13-8(14)6-12-9(13)15/h11H,2-7H2,1H3,(H,12,15). The van der Waals surface area contributed by atoms with Crippen molar-refractivity contribution in [2.45, 2.75) is 19.8 Å². The summed E-state index contributed by atoms with van der Waals surface area (Å²) in [5, 5.41) is 5.83. The minimum Gasteiger partial charge on any atom is -0.329 e. The Kier molecular flexibility index (Phi) is 2.65. The van der Waals surface area contributed by atoms with Gasteiger partial charge in [0, 0.05) is 6.54 Å². The van der Waals surface area contributed by atoms with Crippen LogP contribution in [0.2, 0.25) is 0 Å². The third kappa shape index (κ3) is 2.12. The molecule has 0 bridgehead atoms. The first-order valence-corrected chi connectivity index (χ1v) is 5.40. The molecule has 2 heterocycles. The second kappa shape index (κ2) is 3.81. The van der Waals surface area contributed by atoms with Gasteiger partial charge in [0.1, 0.15) is 0 Å². The van der Waals surface area contributed by atoms with Gasteiger partial charge in [-0.3, -0.25) is 9.69 Å². The van der Waals surface area contributed by atoms with Crippen molar-refractivity contribution in [1.29, 1.82) is 0 Å². The Bertz CT molecular complexity index is 268. The molecular formula is C10H17N3O2. The molecule has 2 aliphatic heterocycles. The van der Waals surface area contributed by atoms with Gasteiger partial charge in [0.2, 0.25) is 5.91 Å². The topological polar surface area (TPSA) is 61.4 Å². The zero-order valence-electron chi connectivity index (χ0n) is 9.01. The van der Waals surface area contributed by atoms with E-state index in [4.69, 9.17) is 0 Å². The van der Waals surface area contributed by atoms with Crippen LogP contribution in [-0.2, 0) is 4.79 Å². The molecular weight excluding hydrogens is 194 g/mol. The zero-order valence-corrected chi connectivity index (χ0v) is 9.01. The van der Waals surface area contributed by atoms with Gasteiger partial charge in [-0.2, -0.15) is 0 Å². The van der Waals surface area contributed by atoms with Crippen LogP contribution in [0.4, 0.5) is 4.79 Å². The van der Waals surface area contributed by atoms with Gasteiger partial charge in [-0.1, -0.05) is 6.92 Å². The lowest BCUT2D eigenvalue weighted by Gasteiger charge is -2.36. The number of imide groups is 1. The molecule has 0 aliphatic carbocycles. The van der Waals surface area contributed by atoms with Crippen LogP contribution in [0.5, 0.6) is 0 Å². The molecule has 15 heavy (non-hydrogen) atoms. The van der Waals surface area contributed by atoms with Crippen LogP contribution in [0.3, 0.4) is 0 Å². The highest BCUT2D eigenvalue weighted by Crippen LogP contribution is 2.29. The molecule has 84 valence electrons. The highest BCUT2D eigenvalue weighted by Gasteiger charge is 2.36. The first-order chi connectivity index (χ1) is 7.11. The highest BCUT2D eigenvalue weighted by atomic mass is 16.2. The van der Waals surface area contributed by atoms with Crippen molar-refractivity contribution in [1.82, 2.24) is 15.5 Å². The molecule has 0 spiro atoms. The Labute approximate surface area is 89.2 Å². The Balaban J connectivity index is 2.00. The summed E-state index contributed by atoms with van der Waals surface area (Å²) in [6.07, 6.45) is 2.04. The van der Waals surface area contributed by atoms with Crippen molar-refractivity contribution in [2.75, 3.05) is 26.2 Å². The molecule has 0 aromatic heterocycles. The van der Waals surface area contributed by atoms with Gasteiger partial charge in [-0.05, 0) is 31.3 Å². The van der Waals surface area contributed by atoms with Gasteiger partial charge >= 0.3 is 6.03 Å². The second-order valence-electron chi connectivity index (χ2n) is 4.70. The van der Waals surface area contributed by atoms with E-state index in [1.165, 1.54) is 4.90 Å². The molecule has 2 rings (SSSR count). The van der Waals surface area contributed by atoms with Crippen LogP contribution in [0.25, 0.3) is 0 Å². The average Bonchev–Trinajstić information content (AvgIpc) is 2.50. The number of nitrogens with zero attached hydrogens (tertiary/aromatic N) is 1. The molecule has 2 fully saturated rings. The smallest absolute Gasteiger partial charge is 0.324 e. The monoisotopic (exact) mass is 211 g/mol. The maximum absolute atomic E-state index is 11.4. The Morgan fingerprint density at radius 2 is 2.00 bits per heavy atom. The Morgan fingerprint density at radius 1 is 1.33 bits per heavy atom. The van der Waals surface area contributed by atoms with E-state index in [2.05, 4.69) is 17.6 Å². The largest absolute Gasteiger partial charge is 0.329 e. The van der Waals surface area contributed by atoms with Crippen LogP contribution >= 0.6 is 0 Å². The normalized spacial score (nSPS) is 25.5. The number of urea groups is 1. The minimum absolute atomic E-state index is 0.0859. The van der Waals surface area contributed by atoms with Gasteiger partial charge in [-0.15, -0.1) is 0 Å². The summed E-state index contributed by atoms with van der Waals surface area (Å²) in [4.78, 5) is 24.2. The third-order valence-electron chi connectivity index (χ3n) is 3.29. The lowest BCUT2D eigenvalue weighted by Crippen LogP contribution is -2.45. The molecule has 2 N–H and O–H groups in total. The summed E-state index contributed by atoms with van der Waals surface area (Å²) in [5.74, 6) is -0.0974. The molecule has 0 atom stereocenters. The predicted molar refractivity (Wildman–Crippen MR) is 55.3 cm³/mol. The fourth-order valence-corrected chi connectivity index (χ4v) is 2.19. The molecule has 2 aliphatic rings. The van der Waals surface area contributed by atoms with E-state index in [9.17, 15) is 9.59 Å². The van der Waals surface area contributed by atoms with Crippen molar-refractivity contribution in [3.8, 4) is 0 Å². The van der Waals surface area contributed by atoms with Gasteiger partial charge in [-0.25, -0.2) is 4.79 Å². The third-order valence-corrected chi connectivity index (χ3v) is 3.29. The number of carbonyl (C=O) groups excluding carboxylic acids is 2. The quantitative estimate of drug-likeness (QED) is 0.628. The number of piperidine rings is 1. The molecule has 5 nitrogen and oxygen atoms in total. The van der Waals surface area contributed by atoms with Crippen LogP contribution in [0.15, 0.2) is 0 Å². The Morgan fingerprint density at radius 3 is 2.53 bits per heavy atom. The van der Waals surface area contributed by atoms with Gasteiger partial charge in [0.25, 0.3) is 0 Å². The first-order valence-electron chi connectivity index (χ1n) is 5.40. The van der Waals surface area contributed by atoms with Crippen molar-refractivity contribution < 1.29 is 9.59 Å². The lowest BCUT2D eigenvalue weighted by molar-refractivity contribution is -0.126. The van der Waals surface area contributed by atoms with E-state index in [1.807, 2.05) is 0 Å². The molecule has 2 saturated heterocycles. The number of carbonyl (C=O) groups is 2. The predicted octanol–water partition coefficient (Wildman–Crippen LogP) is -0.0721. The SMILES string of the molecule is CC1(CN2C(=O)CNC2=O)CCNCC1. The molecule has 0 unspecified atom stereocenters. The second-order valence-corrected chi connectivity index (χ2v) is 4.70. The molecule has 0 aromatic rings. The van der Waals surface area contributed by atoms with Crippen molar-refractivity contribution >= 4 is 11.9 Å². The van der Waals surface area contributed by atoms with Gasteiger partial charge < -0.3 is 10.6 Å². The molecule has 0 saturated carbocycles. The summed E-state index contributed by atoms with van der Waals surface area (Å²) in [7, 11) is 0. The summed E-state index contributed by atoms with van der Waals surface area (Å²) < 4.78 is 0. The maximum atomic E-state index is 11.4. The van der Waals surface area contributed by atoms with E-state index in [-0.39, 0.29) is 23.9 Å². The fraction of sp³-hybridized carbons (Fsp3) is 0.800. The maximum Gasteiger partial charge on any atom is 0.324 e.